The number of aromatic amines is 1. The van der Waals surface area contributed by atoms with Crippen LogP contribution in [0.25, 0.3) is 11.3 Å². The first-order valence-corrected chi connectivity index (χ1v) is 9.70. The first kappa shape index (κ1) is 20.2. The summed E-state index contributed by atoms with van der Waals surface area (Å²) >= 11 is 12.0. The number of hydrogen-bond acceptors (Lipinski definition) is 4. The second-order valence-corrected chi connectivity index (χ2v) is 6.85. The minimum atomic E-state index is -0.122. The van der Waals surface area contributed by atoms with Crippen molar-refractivity contribution in [3.8, 4) is 17.0 Å². The molecule has 0 spiro atoms. The van der Waals surface area contributed by atoms with Crippen LogP contribution in [0, 0.1) is 0 Å². The highest BCUT2D eigenvalue weighted by Gasteiger charge is 2.15. The quantitative estimate of drug-likeness (QED) is 0.496. The molecule has 0 saturated heterocycles. The Morgan fingerprint density at radius 2 is 2.00 bits per heavy atom. The standard InChI is InChI=1S/C20H20Cl2N4O2/c1-2-14-19(13-8-10-23-11-9-13)25-26-20(14)24-17(27)7-4-12-28-16-6-3-5-15(21)18(16)22/h3,5-6,8-11H,2,4,7,12H2,1H3,(H2,24,25,26,27). The van der Waals surface area contributed by atoms with Gasteiger partial charge in [-0.15, -0.1) is 0 Å². The van der Waals surface area contributed by atoms with E-state index in [4.69, 9.17) is 27.9 Å². The summed E-state index contributed by atoms with van der Waals surface area (Å²) in [7, 11) is 0. The van der Waals surface area contributed by atoms with Crippen molar-refractivity contribution in [3.05, 3.63) is 58.3 Å². The molecule has 28 heavy (non-hydrogen) atoms. The smallest absolute Gasteiger partial charge is 0.225 e. The number of H-pyrrole nitrogens is 1. The summed E-state index contributed by atoms with van der Waals surface area (Å²) in [6.45, 7) is 2.38. The highest BCUT2D eigenvalue weighted by molar-refractivity contribution is 6.42. The average molecular weight is 419 g/mol. The normalized spacial score (nSPS) is 10.7. The average Bonchev–Trinajstić information content (AvgIpc) is 3.11. The molecule has 6 nitrogen and oxygen atoms in total. The Morgan fingerprint density at radius 3 is 2.75 bits per heavy atom. The number of halogens is 2. The number of hydrogen-bond donors (Lipinski definition) is 2. The molecule has 2 heterocycles. The van der Waals surface area contributed by atoms with E-state index in [0.29, 0.717) is 41.1 Å². The zero-order chi connectivity index (χ0) is 19.9. The van der Waals surface area contributed by atoms with Crippen molar-refractivity contribution >= 4 is 34.9 Å². The van der Waals surface area contributed by atoms with Gasteiger partial charge in [0.15, 0.2) is 5.82 Å². The Bertz CT molecular complexity index is 945. The van der Waals surface area contributed by atoms with Crippen molar-refractivity contribution < 1.29 is 9.53 Å². The Morgan fingerprint density at radius 1 is 1.21 bits per heavy atom. The summed E-state index contributed by atoms with van der Waals surface area (Å²) in [4.78, 5) is 16.3. The van der Waals surface area contributed by atoms with Crippen molar-refractivity contribution in [1.82, 2.24) is 15.2 Å². The number of ether oxygens (including phenoxy) is 1. The molecule has 0 aliphatic rings. The fraction of sp³-hybridized carbons (Fsp3) is 0.250. The van der Waals surface area contributed by atoms with E-state index in [9.17, 15) is 4.79 Å². The number of rotatable bonds is 8. The van der Waals surface area contributed by atoms with Crippen molar-refractivity contribution in [1.29, 1.82) is 0 Å². The van der Waals surface area contributed by atoms with E-state index < -0.39 is 0 Å². The molecular weight excluding hydrogens is 399 g/mol. The highest BCUT2D eigenvalue weighted by Crippen LogP contribution is 2.31. The van der Waals surface area contributed by atoms with Gasteiger partial charge in [0, 0.05) is 29.9 Å². The number of carbonyl (C=O) groups excluding carboxylic acids is 1. The van der Waals surface area contributed by atoms with Crippen LogP contribution in [-0.2, 0) is 11.2 Å². The lowest BCUT2D eigenvalue weighted by atomic mass is 10.1. The van der Waals surface area contributed by atoms with Gasteiger partial charge in [-0.2, -0.15) is 5.10 Å². The minimum absolute atomic E-state index is 0.122. The van der Waals surface area contributed by atoms with Gasteiger partial charge in [-0.05, 0) is 37.1 Å². The van der Waals surface area contributed by atoms with Crippen LogP contribution in [0.4, 0.5) is 5.82 Å². The van der Waals surface area contributed by atoms with Crippen LogP contribution in [0.2, 0.25) is 10.0 Å². The van der Waals surface area contributed by atoms with Crippen molar-refractivity contribution in [3.63, 3.8) is 0 Å². The van der Waals surface area contributed by atoms with E-state index >= 15 is 0 Å². The van der Waals surface area contributed by atoms with Crippen LogP contribution in [0.3, 0.4) is 0 Å². The number of amides is 1. The van der Waals surface area contributed by atoms with Crippen LogP contribution in [0.15, 0.2) is 42.7 Å². The maximum Gasteiger partial charge on any atom is 0.225 e. The van der Waals surface area contributed by atoms with Gasteiger partial charge < -0.3 is 10.1 Å². The SMILES string of the molecule is CCc1c(NC(=O)CCCOc2cccc(Cl)c2Cl)n[nH]c1-c1ccncc1. The first-order chi connectivity index (χ1) is 13.6. The maximum atomic E-state index is 12.3. The van der Waals surface area contributed by atoms with Gasteiger partial charge in [-0.1, -0.05) is 36.2 Å². The van der Waals surface area contributed by atoms with Crippen LogP contribution in [-0.4, -0.2) is 27.7 Å². The Balaban J connectivity index is 1.54. The van der Waals surface area contributed by atoms with E-state index in [2.05, 4.69) is 20.5 Å². The molecule has 0 atom stereocenters. The number of nitrogens with zero attached hydrogens (tertiary/aromatic N) is 2. The molecule has 3 aromatic rings. The summed E-state index contributed by atoms with van der Waals surface area (Å²) in [5.41, 5.74) is 2.83. The highest BCUT2D eigenvalue weighted by atomic mass is 35.5. The summed E-state index contributed by atoms with van der Waals surface area (Å²) < 4.78 is 5.60. The number of anilines is 1. The van der Waals surface area contributed by atoms with Crippen molar-refractivity contribution in [2.45, 2.75) is 26.2 Å². The summed E-state index contributed by atoms with van der Waals surface area (Å²) in [5, 5.41) is 10.9. The number of nitrogens with one attached hydrogen (secondary N) is 2. The molecule has 0 aliphatic carbocycles. The molecule has 8 heteroatoms. The maximum absolute atomic E-state index is 12.3. The predicted molar refractivity (Wildman–Crippen MR) is 111 cm³/mol. The molecule has 0 unspecified atom stereocenters. The van der Waals surface area contributed by atoms with Gasteiger partial charge in [0.2, 0.25) is 5.91 Å². The van der Waals surface area contributed by atoms with Crippen LogP contribution in [0.5, 0.6) is 5.75 Å². The lowest BCUT2D eigenvalue weighted by Crippen LogP contribution is -2.14. The zero-order valence-electron chi connectivity index (χ0n) is 15.3. The van der Waals surface area contributed by atoms with Crippen LogP contribution < -0.4 is 10.1 Å². The number of carbonyl (C=O) groups is 1. The van der Waals surface area contributed by atoms with Gasteiger partial charge in [0.05, 0.1) is 17.3 Å². The first-order valence-electron chi connectivity index (χ1n) is 8.94. The fourth-order valence-electron chi connectivity index (χ4n) is 2.78. The lowest BCUT2D eigenvalue weighted by molar-refractivity contribution is -0.116. The number of pyridine rings is 1. The van der Waals surface area contributed by atoms with Gasteiger partial charge in [0.25, 0.3) is 0 Å². The monoisotopic (exact) mass is 418 g/mol. The zero-order valence-corrected chi connectivity index (χ0v) is 16.8. The third-order valence-corrected chi connectivity index (χ3v) is 4.97. The van der Waals surface area contributed by atoms with E-state index in [1.807, 2.05) is 19.1 Å². The Kier molecular flexibility index (Phi) is 6.90. The third kappa shape index (κ3) is 4.82. The molecule has 0 aliphatic heterocycles. The van der Waals surface area contributed by atoms with E-state index in [1.165, 1.54) is 0 Å². The molecule has 0 fully saturated rings. The summed E-state index contributed by atoms with van der Waals surface area (Å²) in [6, 6.07) is 9.00. The lowest BCUT2D eigenvalue weighted by Gasteiger charge is -2.09. The Hall–Kier alpha value is -2.57. The van der Waals surface area contributed by atoms with Gasteiger partial charge >= 0.3 is 0 Å². The molecular formula is C20H20Cl2N4O2. The number of aromatic nitrogens is 3. The van der Waals surface area contributed by atoms with E-state index in [1.54, 1.807) is 30.6 Å². The van der Waals surface area contributed by atoms with E-state index in [0.717, 1.165) is 23.2 Å². The van der Waals surface area contributed by atoms with Gasteiger partial charge in [0.1, 0.15) is 10.8 Å². The van der Waals surface area contributed by atoms with Crippen molar-refractivity contribution in [2.24, 2.45) is 0 Å². The molecule has 0 bridgehead atoms. The summed E-state index contributed by atoms with van der Waals surface area (Å²) in [6.07, 6.45) is 5.02. The molecule has 0 radical (unpaired) electrons. The summed E-state index contributed by atoms with van der Waals surface area (Å²) in [5.74, 6) is 0.943. The third-order valence-electron chi connectivity index (χ3n) is 4.17. The molecule has 1 amide bonds. The second-order valence-electron chi connectivity index (χ2n) is 6.07. The molecule has 1 aromatic carbocycles. The molecule has 2 N–H and O–H groups in total. The fourth-order valence-corrected chi connectivity index (χ4v) is 3.12. The van der Waals surface area contributed by atoms with Crippen LogP contribution >= 0.6 is 23.2 Å². The second kappa shape index (κ2) is 9.57. The molecule has 2 aromatic heterocycles. The number of benzene rings is 1. The molecule has 146 valence electrons. The molecule has 3 rings (SSSR count). The Labute approximate surface area is 173 Å². The van der Waals surface area contributed by atoms with Crippen LogP contribution in [0.1, 0.15) is 25.3 Å². The predicted octanol–water partition coefficient (Wildman–Crippen LogP) is 5.14. The largest absolute Gasteiger partial charge is 0.492 e. The minimum Gasteiger partial charge on any atom is -0.492 e. The van der Waals surface area contributed by atoms with Crippen molar-refractivity contribution in [2.75, 3.05) is 11.9 Å². The molecule has 0 saturated carbocycles. The van der Waals surface area contributed by atoms with E-state index in [-0.39, 0.29) is 5.91 Å². The topological polar surface area (TPSA) is 79.9 Å². The van der Waals surface area contributed by atoms with Gasteiger partial charge in [-0.25, -0.2) is 0 Å². The van der Waals surface area contributed by atoms with Gasteiger partial charge in [-0.3, -0.25) is 14.9 Å².